The van der Waals surface area contributed by atoms with Gasteiger partial charge in [0.25, 0.3) is 0 Å². The summed E-state index contributed by atoms with van der Waals surface area (Å²) in [5.41, 5.74) is 2.34. The van der Waals surface area contributed by atoms with Gasteiger partial charge in [0.15, 0.2) is 17.8 Å². The summed E-state index contributed by atoms with van der Waals surface area (Å²) in [6.45, 7) is 2.08. The van der Waals surface area contributed by atoms with Gasteiger partial charge >= 0.3 is 0 Å². The van der Waals surface area contributed by atoms with Gasteiger partial charge in [-0.15, -0.1) is 0 Å². The Hall–Kier alpha value is -2.23. The molecule has 1 N–H and O–H groups in total. The highest BCUT2D eigenvalue weighted by molar-refractivity contribution is 5.81. The van der Waals surface area contributed by atoms with E-state index in [2.05, 4.69) is 19.1 Å². The molecule has 0 bridgehead atoms. The number of methoxy groups -OCH3 is 2. The lowest BCUT2D eigenvalue weighted by Gasteiger charge is -2.22. The molecular weight excluding hydrogens is 268 g/mol. The number of benzene rings is 1. The highest BCUT2D eigenvalue weighted by atomic mass is 16.5. The first-order chi connectivity index (χ1) is 10.1. The van der Waals surface area contributed by atoms with Crippen LogP contribution < -0.4 is 4.74 Å². The number of phenols is 1. The van der Waals surface area contributed by atoms with Gasteiger partial charge in [0, 0.05) is 5.92 Å². The number of rotatable bonds is 5. The molecule has 0 spiro atoms. The van der Waals surface area contributed by atoms with E-state index in [0.717, 1.165) is 29.7 Å². The molecule has 0 saturated heterocycles. The molecule has 4 nitrogen and oxygen atoms in total. The van der Waals surface area contributed by atoms with Crippen LogP contribution in [0.25, 0.3) is 0 Å². The molecule has 0 aliphatic heterocycles. The minimum atomic E-state index is -0.111. The minimum Gasteiger partial charge on any atom is -0.504 e. The Bertz CT molecular complexity index is 599. The number of ether oxygens (including phenoxy) is 2. The molecule has 4 heteroatoms. The monoisotopic (exact) mass is 288 g/mol. The van der Waals surface area contributed by atoms with Crippen molar-refractivity contribution >= 4 is 6.29 Å². The number of hydrogen-bond acceptors (Lipinski definition) is 4. The van der Waals surface area contributed by atoms with E-state index in [1.807, 2.05) is 0 Å². The first-order valence-electron chi connectivity index (χ1n) is 6.95. The van der Waals surface area contributed by atoms with Gasteiger partial charge in [0.05, 0.1) is 19.8 Å². The molecule has 0 saturated carbocycles. The Labute approximate surface area is 124 Å². The van der Waals surface area contributed by atoms with E-state index in [9.17, 15) is 9.90 Å². The number of aldehydes is 1. The Balaban J connectivity index is 2.42. The average molecular weight is 288 g/mol. The van der Waals surface area contributed by atoms with Crippen LogP contribution in [0.15, 0.2) is 35.6 Å². The maximum atomic E-state index is 11.1. The molecule has 1 unspecified atom stereocenters. The van der Waals surface area contributed by atoms with Crippen LogP contribution in [-0.4, -0.2) is 25.6 Å². The zero-order chi connectivity index (χ0) is 15.4. The van der Waals surface area contributed by atoms with Gasteiger partial charge in [-0.25, -0.2) is 0 Å². The average Bonchev–Trinajstić information content (AvgIpc) is 2.54. The highest BCUT2D eigenvalue weighted by Gasteiger charge is 2.19. The van der Waals surface area contributed by atoms with Crippen LogP contribution in [0.4, 0.5) is 0 Å². The van der Waals surface area contributed by atoms with Crippen LogP contribution in [0.1, 0.15) is 41.6 Å². The Morgan fingerprint density at radius 3 is 2.67 bits per heavy atom. The van der Waals surface area contributed by atoms with Crippen molar-refractivity contribution in [1.29, 1.82) is 0 Å². The van der Waals surface area contributed by atoms with E-state index < -0.39 is 0 Å². The smallest absolute Gasteiger partial charge is 0.168 e. The van der Waals surface area contributed by atoms with Crippen molar-refractivity contribution in [2.24, 2.45) is 0 Å². The van der Waals surface area contributed by atoms with Crippen LogP contribution in [-0.2, 0) is 4.74 Å². The molecule has 21 heavy (non-hydrogen) atoms. The lowest BCUT2D eigenvalue weighted by Crippen LogP contribution is -2.05. The van der Waals surface area contributed by atoms with Crippen molar-refractivity contribution in [3.8, 4) is 11.5 Å². The fourth-order valence-electron chi connectivity index (χ4n) is 2.61. The largest absolute Gasteiger partial charge is 0.504 e. The third kappa shape index (κ3) is 2.94. The highest BCUT2D eigenvalue weighted by Crippen LogP contribution is 2.37. The number of aromatic hydroxyl groups is 1. The quantitative estimate of drug-likeness (QED) is 0.842. The molecule has 0 radical (unpaired) electrons. The van der Waals surface area contributed by atoms with Gasteiger partial charge in [-0.1, -0.05) is 13.0 Å². The maximum Gasteiger partial charge on any atom is 0.168 e. The summed E-state index contributed by atoms with van der Waals surface area (Å²) in [5, 5.41) is 9.89. The predicted molar refractivity (Wildman–Crippen MR) is 80.9 cm³/mol. The van der Waals surface area contributed by atoms with Crippen molar-refractivity contribution in [2.45, 2.75) is 25.7 Å². The number of phenolic OH excluding ortho intramolecular Hbond substituents is 1. The number of hydrogen-bond donors (Lipinski definition) is 1. The molecule has 0 amide bonds. The Morgan fingerprint density at radius 2 is 2.10 bits per heavy atom. The zero-order valence-corrected chi connectivity index (χ0v) is 12.6. The van der Waals surface area contributed by atoms with Gasteiger partial charge in [-0.3, -0.25) is 4.79 Å². The summed E-state index contributed by atoms with van der Waals surface area (Å²) in [5.74, 6) is 1.27. The van der Waals surface area contributed by atoms with Gasteiger partial charge in [0.1, 0.15) is 5.76 Å². The maximum absolute atomic E-state index is 11.1. The second kappa shape index (κ2) is 6.48. The van der Waals surface area contributed by atoms with Crippen molar-refractivity contribution in [3.63, 3.8) is 0 Å². The zero-order valence-electron chi connectivity index (χ0n) is 12.6. The summed E-state index contributed by atoms with van der Waals surface area (Å²) in [6.07, 6.45) is 6.53. The van der Waals surface area contributed by atoms with Crippen molar-refractivity contribution in [2.75, 3.05) is 14.2 Å². The number of carbonyl (C=O) groups is 1. The van der Waals surface area contributed by atoms with E-state index in [1.165, 1.54) is 7.11 Å². The third-order valence-electron chi connectivity index (χ3n) is 3.78. The number of carbonyl (C=O) groups excluding carboxylic acids is 1. The normalized spacial score (nSPS) is 17.8. The summed E-state index contributed by atoms with van der Waals surface area (Å²) >= 11 is 0. The molecule has 1 aromatic carbocycles. The standard InChI is InChI=1S/C17H20O4/c1-4-11-7-12(5-6-15(11)20-2)13-8-14(10-18)17(19)16(9-13)21-3/h6-10,12,19H,4-5H2,1-3H3. The predicted octanol–water partition coefficient (Wildman–Crippen LogP) is 3.57. The first kappa shape index (κ1) is 15.2. The minimum absolute atomic E-state index is 0.111. The van der Waals surface area contributed by atoms with Crippen molar-refractivity contribution < 1.29 is 19.4 Å². The lowest BCUT2D eigenvalue weighted by atomic mass is 9.87. The topological polar surface area (TPSA) is 55.8 Å². The lowest BCUT2D eigenvalue weighted by molar-refractivity contribution is 0.112. The van der Waals surface area contributed by atoms with Crippen LogP contribution in [0.5, 0.6) is 11.5 Å². The first-order valence-corrected chi connectivity index (χ1v) is 6.95. The van der Waals surface area contributed by atoms with Crippen LogP contribution in [0.3, 0.4) is 0 Å². The second-order valence-corrected chi connectivity index (χ2v) is 4.94. The summed E-state index contributed by atoms with van der Waals surface area (Å²) in [4.78, 5) is 11.1. The second-order valence-electron chi connectivity index (χ2n) is 4.94. The summed E-state index contributed by atoms with van der Waals surface area (Å²) in [6, 6.07) is 3.49. The van der Waals surface area contributed by atoms with Crippen LogP contribution in [0, 0.1) is 0 Å². The number of allylic oxidation sites excluding steroid dienone is 3. The molecule has 1 aromatic rings. The molecule has 0 fully saturated rings. The fourth-order valence-corrected chi connectivity index (χ4v) is 2.61. The van der Waals surface area contributed by atoms with Crippen molar-refractivity contribution in [3.05, 3.63) is 46.7 Å². The van der Waals surface area contributed by atoms with E-state index in [1.54, 1.807) is 19.2 Å². The third-order valence-corrected chi connectivity index (χ3v) is 3.78. The molecule has 1 aliphatic rings. The molecule has 0 heterocycles. The van der Waals surface area contributed by atoms with Gasteiger partial charge in [0.2, 0.25) is 0 Å². The van der Waals surface area contributed by atoms with Crippen LogP contribution in [0.2, 0.25) is 0 Å². The van der Waals surface area contributed by atoms with E-state index in [0.29, 0.717) is 12.0 Å². The van der Waals surface area contributed by atoms with E-state index in [-0.39, 0.29) is 17.2 Å². The molecule has 112 valence electrons. The molecule has 1 atom stereocenters. The van der Waals surface area contributed by atoms with Crippen molar-refractivity contribution in [1.82, 2.24) is 0 Å². The molecular formula is C17H20O4. The van der Waals surface area contributed by atoms with Gasteiger partial charge in [-0.2, -0.15) is 0 Å². The molecule has 0 aromatic heterocycles. The Kier molecular flexibility index (Phi) is 4.68. The Morgan fingerprint density at radius 1 is 1.33 bits per heavy atom. The van der Waals surface area contributed by atoms with E-state index in [4.69, 9.17) is 9.47 Å². The molecule has 1 aliphatic carbocycles. The SMILES string of the molecule is CCC1=CC(c2cc(C=O)c(O)c(OC)c2)CC=C1OC. The van der Waals surface area contributed by atoms with E-state index >= 15 is 0 Å². The fraction of sp³-hybridized carbons (Fsp3) is 0.353. The van der Waals surface area contributed by atoms with Gasteiger partial charge < -0.3 is 14.6 Å². The molecule has 2 rings (SSSR count). The van der Waals surface area contributed by atoms with Gasteiger partial charge in [-0.05, 0) is 42.2 Å². The summed E-state index contributed by atoms with van der Waals surface area (Å²) in [7, 11) is 3.15. The summed E-state index contributed by atoms with van der Waals surface area (Å²) < 4.78 is 10.5. The van der Waals surface area contributed by atoms with Crippen LogP contribution >= 0.6 is 0 Å².